The maximum absolute atomic E-state index is 11.1. The standard InChI is InChI=1S/C9H8Br2O2.C9H9BrO2/c1-13-9(12)8(11)6-2-4-7(10)5-3-6;1-12-9(11)6-7-2-4-8(10)5-3-7/h2-5,8H,1H3;2-5H,6H2,1H3. The minimum absolute atomic E-state index is 0.211. The summed E-state index contributed by atoms with van der Waals surface area (Å²) in [5.74, 6) is -0.500. The zero-order valence-electron chi connectivity index (χ0n) is 13.7. The van der Waals surface area contributed by atoms with Crippen LogP contribution in [0.5, 0.6) is 0 Å². The van der Waals surface area contributed by atoms with Crippen molar-refractivity contribution >= 4 is 59.7 Å². The predicted octanol–water partition coefficient (Wildman–Crippen LogP) is 5.22. The van der Waals surface area contributed by atoms with E-state index in [1.165, 1.54) is 14.2 Å². The molecule has 1 unspecified atom stereocenters. The van der Waals surface area contributed by atoms with E-state index in [2.05, 4.69) is 57.3 Å². The molecule has 2 rings (SSSR count). The van der Waals surface area contributed by atoms with Gasteiger partial charge in [0, 0.05) is 8.95 Å². The Balaban J connectivity index is 0.000000251. The molecule has 0 bridgehead atoms. The third-order valence-corrected chi connectivity index (χ3v) is 5.02. The molecule has 4 nitrogen and oxygen atoms in total. The quantitative estimate of drug-likeness (QED) is 0.397. The van der Waals surface area contributed by atoms with Crippen LogP contribution < -0.4 is 0 Å². The number of methoxy groups -OCH3 is 2. The molecule has 0 amide bonds. The van der Waals surface area contributed by atoms with E-state index in [9.17, 15) is 9.59 Å². The molecule has 0 aliphatic heterocycles. The number of benzene rings is 2. The normalized spacial score (nSPS) is 10.9. The Morgan fingerprint density at radius 3 is 1.80 bits per heavy atom. The van der Waals surface area contributed by atoms with Crippen LogP contribution in [0.4, 0.5) is 0 Å². The molecule has 7 heteroatoms. The number of carbonyl (C=O) groups excluding carboxylic acids is 2. The molecular weight excluding hydrogens is 520 g/mol. The van der Waals surface area contributed by atoms with E-state index in [0.29, 0.717) is 6.42 Å². The highest BCUT2D eigenvalue weighted by Gasteiger charge is 2.16. The Bertz CT molecular complexity index is 684. The minimum atomic E-state index is -0.384. The number of rotatable bonds is 4. The molecule has 0 spiro atoms. The Morgan fingerprint density at radius 2 is 1.36 bits per heavy atom. The maximum Gasteiger partial charge on any atom is 0.323 e. The maximum atomic E-state index is 11.1. The molecule has 0 heterocycles. The first kappa shape index (κ1) is 21.9. The zero-order chi connectivity index (χ0) is 18.8. The molecule has 0 aromatic heterocycles. The van der Waals surface area contributed by atoms with Crippen molar-refractivity contribution < 1.29 is 19.1 Å². The second-order valence-corrected chi connectivity index (χ2v) is 7.56. The molecule has 134 valence electrons. The molecular formula is C18H17Br3O4. The summed E-state index contributed by atoms with van der Waals surface area (Å²) in [6, 6.07) is 15.1. The second-order valence-electron chi connectivity index (χ2n) is 4.82. The fourth-order valence-corrected chi connectivity index (χ4v) is 2.73. The summed E-state index contributed by atoms with van der Waals surface area (Å²) in [5.41, 5.74) is 1.85. The lowest BCUT2D eigenvalue weighted by Gasteiger charge is -2.07. The van der Waals surface area contributed by atoms with Gasteiger partial charge in [0.25, 0.3) is 0 Å². The van der Waals surface area contributed by atoms with Crippen molar-refractivity contribution in [2.45, 2.75) is 11.2 Å². The van der Waals surface area contributed by atoms with Crippen LogP contribution in [0, 0.1) is 0 Å². The van der Waals surface area contributed by atoms with E-state index >= 15 is 0 Å². The van der Waals surface area contributed by atoms with E-state index in [-0.39, 0.29) is 16.8 Å². The molecule has 1 atom stereocenters. The lowest BCUT2D eigenvalue weighted by Crippen LogP contribution is -2.07. The second kappa shape index (κ2) is 11.4. The van der Waals surface area contributed by atoms with Crippen molar-refractivity contribution in [3.8, 4) is 0 Å². The van der Waals surface area contributed by atoms with Gasteiger partial charge in [-0.25, -0.2) is 0 Å². The van der Waals surface area contributed by atoms with Crippen molar-refractivity contribution in [2.75, 3.05) is 14.2 Å². The molecule has 0 aliphatic carbocycles. The monoisotopic (exact) mass is 534 g/mol. The van der Waals surface area contributed by atoms with Gasteiger partial charge in [-0.3, -0.25) is 9.59 Å². The smallest absolute Gasteiger partial charge is 0.323 e. The first-order chi connectivity index (χ1) is 11.9. The van der Waals surface area contributed by atoms with Crippen LogP contribution in [0.3, 0.4) is 0 Å². The first-order valence-corrected chi connectivity index (χ1v) is 9.66. The summed E-state index contributed by atoms with van der Waals surface area (Å²) in [6.45, 7) is 0. The van der Waals surface area contributed by atoms with Crippen LogP contribution >= 0.6 is 47.8 Å². The lowest BCUT2D eigenvalue weighted by molar-refractivity contribution is -0.140. The van der Waals surface area contributed by atoms with E-state index in [1.807, 2.05) is 48.5 Å². The van der Waals surface area contributed by atoms with Gasteiger partial charge >= 0.3 is 11.9 Å². The summed E-state index contributed by atoms with van der Waals surface area (Å²) < 4.78 is 11.1. The van der Waals surface area contributed by atoms with Crippen LogP contribution in [-0.4, -0.2) is 26.2 Å². The van der Waals surface area contributed by atoms with Crippen molar-refractivity contribution in [3.63, 3.8) is 0 Å². The highest BCUT2D eigenvalue weighted by molar-refractivity contribution is 9.10. The van der Waals surface area contributed by atoms with Crippen molar-refractivity contribution in [3.05, 3.63) is 68.6 Å². The predicted molar refractivity (Wildman–Crippen MR) is 108 cm³/mol. The van der Waals surface area contributed by atoms with Crippen LogP contribution in [0.2, 0.25) is 0 Å². The molecule has 2 aromatic rings. The molecule has 0 aliphatic rings. The number of halogens is 3. The van der Waals surface area contributed by atoms with E-state index < -0.39 is 0 Å². The van der Waals surface area contributed by atoms with Gasteiger partial charge in [0.15, 0.2) is 0 Å². The van der Waals surface area contributed by atoms with Gasteiger partial charge < -0.3 is 9.47 Å². The van der Waals surface area contributed by atoms with E-state index in [1.54, 1.807) is 0 Å². The van der Waals surface area contributed by atoms with Crippen molar-refractivity contribution in [1.82, 2.24) is 0 Å². The third-order valence-electron chi connectivity index (χ3n) is 3.06. The average molecular weight is 537 g/mol. The van der Waals surface area contributed by atoms with Crippen LogP contribution in [0.15, 0.2) is 57.5 Å². The molecule has 0 radical (unpaired) electrons. The van der Waals surface area contributed by atoms with Crippen LogP contribution in [0.1, 0.15) is 16.0 Å². The first-order valence-electron chi connectivity index (χ1n) is 7.16. The number of alkyl halides is 1. The van der Waals surface area contributed by atoms with Crippen molar-refractivity contribution in [1.29, 1.82) is 0 Å². The number of esters is 2. The summed E-state index contributed by atoms with van der Waals surface area (Å²) in [4.78, 5) is 21.6. The summed E-state index contributed by atoms with van der Waals surface area (Å²) in [6.07, 6.45) is 0.337. The Kier molecular flexibility index (Phi) is 10.0. The van der Waals surface area contributed by atoms with Gasteiger partial charge in [-0.2, -0.15) is 0 Å². The molecule has 0 N–H and O–H groups in total. The fourth-order valence-electron chi connectivity index (χ4n) is 1.71. The van der Waals surface area contributed by atoms with Gasteiger partial charge in [-0.15, -0.1) is 0 Å². The van der Waals surface area contributed by atoms with E-state index in [4.69, 9.17) is 0 Å². The Labute approximate surface area is 172 Å². The zero-order valence-corrected chi connectivity index (χ0v) is 18.4. The highest BCUT2D eigenvalue weighted by Crippen LogP contribution is 2.25. The summed E-state index contributed by atoms with van der Waals surface area (Å²) in [7, 11) is 2.76. The lowest BCUT2D eigenvalue weighted by atomic mass is 10.1. The van der Waals surface area contributed by atoms with E-state index in [0.717, 1.165) is 20.1 Å². The summed E-state index contributed by atoms with van der Waals surface area (Å²) >= 11 is 9.88. The molecule has 25 heavy (non-hydrogen) atoms. The number of hydrogen-bond acceptors (Lipinski definition) is 4. The van der Waals surface area contributed by atoms with Gasteiger partial charge in [0.2, 0.25) is 0 Å². The fraction of sp³-hybridized carbons (Fsp3) is 0.222. The minimum Gasteiger partial charge on any atom is -0.469 e. The van der Waals surface area contributed by atoms with Crippen molar-refractivity contribution in [2.24, 2.45) is 0 Å². The number of carbonyl (C=O) groups is 2. The largest absolute Gasteiger partial charge is 0.469 e. The molecule has 0 fully saturated rings. The molecule has 0 saturated heterocycles. The van der Waals surface area contributed by atoms with Gasteiger partial charge in [-0.1, -0.05) is 72.1 Å². The topological polar surface area (TPSA) is 52.6 Å². The van der Waals surface area contributed by atoms with Crippen LogP contribution in [0.25, 0.3) is 0 Å². The summed E-state index contributed by atoms with van der Waals surface area (Å²) in [5, 5.41) is 0. The highest BCUT2D eigenvalue weighted by atomic mass is 79.9. The van der Waals surface area contributed by atoms with Gasteiger partial charge in [-0.05, 0) is 35.4 Å². The third kappa shape index (κ3) is 8.16. The molecule has 2 aromatic carbocycles. The SMILES string of the molecule is COC(=O)C(Br)c1ccc(Br)cc1.COC(=O)Cc1ccc(Br)cc1. The Morgan fingerprint density at radius 1 is 0.880 bits per heavy atom. The average Bonchev–Trinajstić information content (AvgIpc) is 2.63. The number of ether oxygens (including phenoxy) is 2. The van der Waals surface area contributed by atoms with Gasteiger partial charge in [0.1, 0.15) is 4.83 Å². The number of hydrogen-bond donors (Lipinski definition) is 0. The van der Waals surface area contributed by atoms with Gasteiger partial charge in [0.05, 0.1) is 20.6 Å². The van der Waals surface area contributed by atoms with Crippen LogP contribution in [-0.2, 0) is 25.5 Å². The Hall–Kier alpha value is -1.18. The molecule has 0 saturated carbocycles.